The van der Waals surface area contributed by atoms with Gasteiger partial charge in [0.25, 0.3) is 5.91 Å². The molecule has 0 atom stereocenters. The van der Waals surface area contributed by atoms with Gasteiger partial charge < -0.3 is 19.5 Å². The lowest BCUT2D eigenvalue weighted by Gasteiger charge is -2.14. The quantitative estimate of drug-likeness (QED) is 0.880. The SMILES string of the molecule is COc1cc(NC(=O)c2cncc(Br)c2)cc(OC)c1OC. The Labute approximate surface area is 136 Å². The van der Waals surface area contributed by atoms with Crippen molar-refractivity contribution in [3.8, 4) is 17.2 Å². The fraction of sp³-hybridized carbons (Fsp3) is 0.200. The number of nitrogens with zero attached hydrogens (tertiary/aromatic N) is 1. The van der Waals surface area contributed by atoms with Crippen LogP contribution in [0.4, 0.5) is 5.69 Å². The standard InChI is InChI=1S/C15H15BrN2O4/c1-20-12-5-11(6-13(21-2)14(12)22-3)18-15(19)9-4-10(16)8-17-7-9/h4-8H,1-3H3,(H,18,19). The molecule has 1 aromatic heterocycles. The molecule has 1 heterocycles. The summed E-state index contributed by atoms with van der Waals surface area (Å²) in [4.78, 5) is 16.2. The first-order valence-corrected chi connectivity index (χ1v) is 7.10. The topological polar surface area (TPSA) is 69.7 Å². The molecular weight excluding hydrogens is 352 g/mol. The summed E-state index contributed by atoms with van der Waals surface area (Å²) in [5.41, 5.74) is 0.961. The highest BCUT2D eigenvalue weighted by Crippen LogP contribution is 2.40. The summed E-state index contributed by atoms with van der Waals surface area (Å²) in [6.45, 7) is 0. The molecule has 0 aliphatic rings. The Bertz CT molecular complexity index is 666. The predicted octanol–water partition coefficient (Wildman–Crippen LogP) is 3.12. The number of halogens is 1. The smallest absolute Gasteiger partial charge is 0.257 e. The summed E-state index contributed by atoms with van der Waals surface area (Å²) < 4.78 is 16.5. The Morgan fingerprint density at radius 3 is 2.18 bits per heavy atom. The number of anilines is 1. The number of nitrogens with one attached hydrogen (secondary N) is 1. The lowest BCUT2D eigenvalue weighted by molar-refractivity contribution is 0.102. The van der Waals surface area contributed by atoms with Crippen LogP contribution in [0, 0.1) is 0 Å². The maximum absolute atomic E-state index is 12.2. The first kappa shape index (κ1) is 16.1. The van der Waals surface area contributed by atoms with Crippen LogP contribution in [0.1, 0.15) is 10.4 Å². The van der Waals surface area contributed by atoms with E-state index in [0.29, 0.717) is 28.5 Å². The van der Waals surface area contributed by atoms with Crippen LogP contribution in [-0.4, -0.2) is 32.2 Å². The van der Waals surface area contributed by atoms with Crippen molar-refractivity contribution < 1.29 is 19.0 Å². The number of carbonyl (C=O) groups excluding carboxylic acids is 1. The second-order valence-electron chi connectivity index (χ2n) is 4.26. The fourth-order valence-corrected chi connectivity index (χ4v) is 2.26. The maximum atomic E-state index is 12.2. The van der Waals surface area contributed by atoms with Crippen molar-refractivity contribution in [2.45, 2.75) is 0 Å². The number of hydrogen-bond acceptors (Lipinski definition) is 5. The number of rotatable bonds is 5. The molecule has 7 heteroatoms. The Balaban J connectivity index is 2.31. The van der Waals surface area contributed by atoms with Crippen LogP contribution in [0.3, 0.4) is 0 Å². The number of carbonyl (C=O) groups is 1. The number of amides is 1. The number of methoxy groups -OCH3 is 3. The normalized spacial score (nSPS) is 10.0. The molecule has 1 aromatic carbocycles. The van der Waals surface area contributed by atoms with Crippen molar-refractivity contribution in [3.63, 3.8) is 0 Å². The third-order valence-corrected chi connectivity index (χ3v) is 3.32. The van der Waals surface area contributed by atoms with Crippen molar-refractivity contribution in [2.24, 2.45) is 0 Å². The van der Waals surface area contributed by atoms with Crippen molar-refractivity contribution in [3.05, 3.63) is 40.6 Å². The molecule has 2 aromatic rings. The molecule has 2 rings (SSSR count). The zero-order valence-corrected chi connectivity index (χ0v) is 13.9. The minimum atomic E-state index is -0.289. The summed E-state index contributed by atoms with van der Waals surface area (Å²) in [5, 5.41) is 2.77. The Kier molecular flexibility index (Phi) is 5.21. The highest BCUT2D eigenvalue weighted by molar-refractivity contribution is 9.10. The van der Waals surface area contributed by atoms with E-state index >= 15 is 0 Å². The van der Waals surface area contributed by atoms with Crippen molar-refractivity contribution in [2.75, 3.05) is 26.6 Å². The van der Waals surface area contributed by atoms with Crippen molar-refractivity contribution in [1.29, 1.82) is 0 Å². The van der Waals surface area contributed by atoms with Gasteiger partial charge in [0.2, 0.25) is 5.75 Å². The average Bonchev–Trinajstić information content (AvgIpc) is 2.53. The molecule has 6 nitrogen and oxygen atoms in total. The summed E-state index contributed by atoms with van der Waals surface area (Å²) >= 11 is 3.28. The molecule has 1 N–H and O–H groups in total. The number of ether oxygens (including phenoxy) is 3. The van der Waals surface area contributed by atoms with Crippen molar-refractivity contribution in [1.82, 2.24) is 4.98 Å². The molecule has 0 saturated heterocycles. The number of aromatic nitrogens is 1. The van der Waals surface area contributed by atoms with Gasteiger partial charge in [-0.1, -0.05) is 0 Å². The van der Waals surface area contributed by atoms with Crippen LogP contribution >= 0.6 is 15.9 Å². The van der Waals surface area contributed by atoms with E-state index in [2.05, 4.69) is 26.2 Å². The van der Waals surface area contributed by atoms with Crippen LogP contribution in [0.25, 0.3) is 0 Å². The van der Waals surface area contributed by atoms with Crippen LogP contribution in [0.15, 0.2) is 35.1 Å². The molecule has 1 amide bonds. The Morgan fingerprint density at radius 1 is 1.05 bits per heavy atom. The molecule has 0 fully saturated rings. The molecule has 0 saturated carbocycles. The molecule has 0 bridgehead atoms. The maximum Gasteiger partial charge on any atom is 0.257 e. The largest absolute Gasteiger partial charge is 0.493 e. The summed E-state index contributed by atoms with van der Waals surface area (Å²) in [6.07, 6.45) is 3.09. The van der Waals surface area contributed by atoms with E-state index in [1.165, 1.54) is 27.5 Å². The van der Waals surface area contributed by atoms with Gasteiger partial charge in [0.05, 0.1) is 26.9 Å². The molecule has 0 aliphatic heterocycles. The van der Waals surface area contributed by atoms with E-state index in [1.807, 2.05) is 0 Å². The van der Waals surface area contributed by atoms with Gasteiger partial charge in [0.1, 0.15) is 0 Å². The number of pyridine rings is 1. The van der Waals surface area contributed by atoms with Crippen LogP contribution in [0.2, 0.25) is 0 Å². The summed E-state index contributed by atoms with van der Waals surface area (Å²) in [5.74, 6) is 1.10. The molecule has 0 radical (unpaired) electrons. The summed E-state index contributed by atoms with van der Waals surface area (Å²) in [7, 11) is 4.55. The Morgan fingerprint density at radius 2 is 1.68 bits per heavy atom. The van der Waals surface area contributed by atoms with Gasteiger partial charge in [0.15, 0.2) is 11.5 Å². The molecule has 0 aliphatic carbocycles. The second-order valence-corrected chi connectivity index (χ2v) is 5.18. The number of benzene rings is 1. The minimum Gasteiger partial charge on any atom is -0.493 e. The van der Waals surface area contributed by atoms with Gasteiger partial charge in [0, 0.05) is 34.7 Å². The zero-order valence-electron chi connectivity index (χ0n) is 12.3. The van der Waals surface area contributed by atoms with Gasteiger partial charge in [-0.05, 0) is 22.0 Å². The highest BCUT2D eigenvalue weighted by Gasteiger charge is 2.15. The zero-order chi connectivity index (χ0) is 16.1. The van der Waals surface area contributed by atoms with E-state index in [-0.39, 0.29) is 5.91 Å². The van der Waals surface area contributed by atoms with Crippen LogP contribution in [0.5, 0.6) is 17.2 Å². The minimum absolute atomic E-state index is 0.289. The fourth-order valence-electron chi connectivity index (χ4n) is 1.89. The van der Waals surface area contributed by atoms with Gasteiger partial charge in [-0.2, -0.15) is 0 Å². The molecule has 0 spiro atoms. The van der Waals surface area contributed by atoms with Crippen molar-refractivity contribution >= 4 is 27.5 Å². The third kappa shape index (κ3) is 3.48. The molecule has 22 heavy (non-hydrogen) atoms. The predicted molar refractivity (Wildman–Crippen MR) is 86.0 cm³/mol. The van der Waals surface area contributed by atoms with Gasteiger partial charge in [-0.25, -0.2) is 0 Å². The number of hydrogen-bond donors (Lipinski definition) is 1. The van der Waals surface area contributed by atoms with Gasteiger partial charge in [-0.15, -0.1) is 0 Å². The Hall–Kier alpha value is -2.28. The first-order valence-electron chi connectivity index (χ1n) is 6.31. The van der Waals surface area contributed by atoms with E-state index in [1.54, 1.807) is 24.4 Å². The van der Waals surface area contributed by atoms with Gasteiger partial charge in [-0.3, -0.25) is 9.78 Å². The molecule has 116 valence electrons. The third-order valence-electron chi connectivity index (χ3n) is 2.89. The lowest BCUT2D eigenvalue weighted by Crippen LogP contribution is -2.12. The van der Waals surface area contributed by atoms with E-state index in [4.69, 9.17) is 14.2 Å². The average molecular weight is 367 g/mol. The van der Waals surface area contributed by atoms with E-state index < -0.39 is 0 Å². The lowest BCUT2D eigenvalue weighted by atomic mass is 10.2. The van der Waals surface area contributed by atoms with Crippen LogP contribution < -0.4 is 19.5 Å². The monoisotopic (exact) mass is 366 g/mol. The highest BCUT2D eigenvalue weighted by atomic mass is 79.9. The van der Waals surface area contributed by atoms with Crippen LogP contribution in [-0.2, 0) is 0 Å². The van der Waals surface area contributed by atoms with E-state index in [9.17, 15) is 4.79 Å². The molecular formula is C15H15BrN2O4. The van der Waals surface area contributed by atoms with E-state index in [0.717, 1.165) is 4.47 Å². The first-order chi connectivity index (χ1) is 10.6. The van der Waals surface area contributed by atoms with Gasteiger partial charge >= 0.3 is 0 Å². The summed E-state index contributed by atoms with van der Waals surface area (Å²) in [6, 6.07) is 5.00. The molecule has 0 unspecified atom stereocenters. The second kappa shape index (κ2) is 7.13.